The van der Waals surface area contributed by atoms with Crippen molar-refractivity contribution in [2.45, 2.75) is 19.9 Å². The van der Waals surface area contributed by atoms with E-state index in [-0.39, 0.29) is 17.7 Å². The molecule has 2 aromatic heterocycles. The molecule has 3 aromatic rings. The van der Waals surface area contributed by atoms with E-state index in [0.29, 0.717) is 10.6 Å². The monoisotopic (exact) mass is 470 g/mol. The normalized spacial score (nSPS) is 14.9. The Bertz CT molecular complexity index is 1040. The summed E-state index contributed by atoms with van der Waals surface area (Å²) in [5.41, 5.74) is 2.58. The lowest BCUT2D eigenvalue weighted by molar-refractivity contribution is -0.118. The molecule has 2 amide bonds. The quantitative estimate of drug-likeness (QED) is 0.543. The zero-order valence-corrected chi connectivity index (χ0v) is 19.7. The Kier molecular flexibility index (Phi) is 7.19. The molecular weight excluding hydrogens is 444 g/mol. The van der Waals surface area contributed by atoms with Gasteiger partial charge >= 0.3 is 0 Å². The first-order valence-corrected chi connectivity index (χ1v) is 12.3. The van der Waals surface area contributed by atoms with E-state index in [4.69, 9.17) is 9.72 Å². The summed E-state index contributed by atoms with van der Waals surface area (Å²) >= 11 is 2.98. The third-order valence-electron chi connectivity index (χ3n) is 5.20. The molecule has 0 radical (unpaired) electrons. The standard InChI is InChI=1S/C23H26N4O3S2/c1-15(2)20(26-21(28)19-4-3-13-31-19)22(29)24-17-7-5-16(6-8-17)18-14-32-23(25-18)27-9-11-30-12-10-27/h3-8,13-15,20H,9-12H2,1-2H3,(H,24,29)(H,26,28). The van der Waals surface area contributed by atoms with E-state index in [1.54, 1.807) is 17.4 Å². The van der Waals surface area contributed by atoms with E-state index in [0.717, 1.165) is 42.7 Å². The van der Waals surface area contributed by atoms with Crippen molar-refractivity contribution in [2.75, 3.05) is 36.5 Å². The number of nitrogens with zero attached hydrogens (tertiary/aromatic N) is 2. The maximum Gasteiger partial charge on any atom is 0.262 e. The number of thiophene rings is 1. The molecule has 168 valence electrons. The molecule has 1 aliphatic heterocycles. The van der Waals surface area contributed by atoms with Crippen molar-refractivity contribution in [3.63, 3.8) is 0 Å². The molecule has 1 unspecified atom stereocenters. The van der Waals surface area contributed by atoms with E-state index >= 15 is 0 Å². The van der Waals surface area contributed by atoms with Crippen molar-refractivity contribution < 1.29 is 14.3 Å². The minimum absolute atomic E-state index is 0.0493. The third kappa shape index (κ3) is 5.35. The van der Waals surface area contributed by atoms with Crippen molar-refractivity contribution >= 4 is 45.3 Å². The van der Waals surface area contributed by atoms with Crippen LogP contribution >= 0.6 is 22.7 Å². The number of thiazole rings is 1. The molecule has 9 heteroatoms. The van der Waals surface area contributed by atoms with Crippen LogP contribution in [-0.4, -0.2) is 49.1 Å². The Morgan fingerprint density at radius 2 is 1.84 bits per heavy atom. The number of amides is 2. The summed E-state index contributed by atoms with van der Waals surface area (Å²) in [7, 11) is 0. The van der Waals surface area contributed by atoms with Crippen LogP contribution in [0.15, 0.2) is 47.2 Å². The fraction of sp³-hybridized carbons (Fsp3) is 0.348. The van der Waals surface area contributed by atoms with Gasteiger partial charge in [-0.2, -0.15) is 0 Å². The maximum absolute atomic E-state index is 12.8. The largest absolute Gasteiger partial charge is 0.378 e. The van der Waals surface area contributed by atoms with Crippen LogP contribution in [-0.2, 0) is 9.53 Å². The molecule has 1 aliphatic rings. The summed E-state index contributed by atoms with van der Waals surface area (Å²) in [6.45, 7) is 7.01. The number of nitrogens with one attached hydrogen (secondary N) is 2. The molecule has 7 nitrogen and oxygen atoms in total. The minimum Gasteiger partial charge on any atom is -0.378 e. The summed E-state index contributed by atoms with van der Waals surface area (Å²) in [5.74, 6) is -0.517. The van der Waals surface area contributed by atoms with Gasteiger partial charge in [-0.3, -0.25) is 9.59 Å². The fourth-order valence-electron chi connectivity index (χ4n) is 3.40. The van der Waals surface area contributed by atoms with Gasteiger partial charge in [-0.15, -0.1) is 22.7 Å². The second kappa shape index (κ2) is 10.2. The van der Waals surface area contributed by atoms with Crippen LogP contribution in [0.4, 0.5) is 10.8 Å². The average Bonchev–Trinajstić information content (AvgIpc) is 3.51. The van der Waals surface area contributed by atoms with Gasteiger partial charge in [-0.05, 0) is 29.5 Å². The van der Waals surface area contributed by atoms with Gasteiger partial charge in [0.05, 0.1) is 23.8 Å². The van der Waals surface area contributed by atoms with Gasteiger partial charge in [-0.1, -0.05) is 32.0 Å². The Hall–Kier alpha value is -2.75. The molecule has 3 heterocycles. The number of morpholine rings is 1. The van der Waals surface area contributed by atoms with E-state index in [9.17, 15) is 9.59 Å². The zero-order valence-electron chi connectivity index (χ0n) is 18.0. The number of hydrogen-bond donors (Lipinski definition) is 2. The van der Waals surface area contributed by atoms with Gasteiger partial charge in [-0.25, -0.2) is 4.98 Å². The van der Waals surface area contributed by atoms with Crippen molar-refractivity contribution in [1.29, 1.82) is 0 Å². The Balaban J connectivity index is 1.39. The van der Waals surface area contributed by atoms with E-state index in [2.05, 4.69) is 15.5 Å². The van der Waals surface area contributed by atoms with Gasteiger partial charge in [0.15, 0.2) is 5.13 Å². The SMILES string of the molecule is CC(C)C(NC(=O)c1cccs1)C(=O)Nc1ccc(-c2csc(N3CCOCC3)n2)cc1. The number of anilines is 2. The summed E-state index contributed by atoms with van der Waals surface area (Å²) in [5, 5.41) is 10.7. The molecule has 1 fully saturated rings. The highest BCUT2D eigenvalue weighted by Crippen LogP contribution is 2.28. The van der Waals surface area contributed by atoms with Crippen molar-refractivity contribution in [3.8, 4) is 11.3 Å². The van der Waals surface area contributed by atoms with Crippen molar-refractivity contribution in [2.24, 2.45) is 5.92 Å². The average molecular weight is 471 g/mol. The minimum atomic E-state index is -0.626. The van der Waals surface area contributed by atoms with Crippen molar-refractivity contribution in [3.05, 3.63) is 52.0 Å². The van der Waals surface area contributed by atoms with E-state index in [1.807, 2.05) is 54.9 Å². The number of aromatic nitrogens is 1. The highest BCUT2D eigenvalue weighted by Gasteiger charge is 2.25. The molecule has 1 aromatic carbocycles. The predicted molar refractivity (Wildman–Crippen MR) is 130 cm³/mol. The zero-order chi connectivity index (χ0) is 22.5. The molecule has 0 aliphatic carbocycles. The number of rotatable bonds is 7. The molecular formula is C23H26N4O3S2. The lowest BCUT2D eigenvalue weighted by atomic mass is 10.0. The van der Waals surface area contributed by atoms with Crippen LogP contribution in [0.3, 0.4) is 0 Å². The van der Waals surface area contributed by atoms with E-state index in [1.165, 1.54) is 11.3 Å². The Labute approximate surface area is 195 Å². The van der Waals surface area contributed by atoms with Gasteiger partial charge in [0.25, 0.3) is 5.91 Å². The van der Waals surface area contributed by atoms with Crippen LogP contribution in [0.1, 0.15) is 23.5 Å². The lowest BCUT2D eigenvalue weighted by Gasteiger charge is -2.26. The number of hydrogen-bond acceptors (Lipinski definition) is 7. The van der Waals surface area contributed by atoms with Gasteiger partial charge in [0.2, 0.25) is 5.91 Å². The molecule has 0 saturated carbocycles. The van der Waals surface area contributed by atoms with Gasteiger partial charge < -0.3 is 20.3 Å². The predicted octanol–water partition coefficient (Wildman–Crippen LogP) is 4.10. The fourth-order valence-corrected chi connectivity index (χ4v) is 4.91. The first kappa shape index (κ1) is 22.4. The Morgan fingerprint density at radius 3 is 2.50 bits per heavy atom. The molecule has 1 saturated heterocycles. The number of carbonyl (C=O) groups excluding carboxylic acids is 2. The van der Waals surface area contributed by atoms with Gasteiger partial charge in [0.1, 0.15) is 6.04 Å². The third-order valence-corrected chi connectivity index (χ3v) is 6.97. The highest BCUT2D eigenvalue weighted by atomic mass is 32.1. The topological polar surface area (TPSA) is 83.6 Å². The molecule has 32 heavy (non-hydrogen) atoms. The van der Waals surface area contributed by atoms with Crippen LogP contribution in [0.5, 0.6) is 0 Å². The summed E-state index contributed by atoms with van der Waals surface area (Å²) in [4.78, 5) is 32.8. The number of ether oxygens (including phenoxy) is 1. The van der Waals surface area contributed by atoms with Crippen LogP contribution < -0.4 is 15.5 Å². The second-order valence-electron chi connectivity index (χ2n) is 7.85. The number of carbonyl (C=O) groups is 2. The van der Waals surface area contributed by atoms with Gasteiger partial charge in [0, 0.05) is 29.7 Å². The summed E-state index contributed by atoms with van der Waals surface area (Å²) < 4.78 is 5.41. The van der Waals surface area contributed by atoms with E-state index < -0.39 is 6.04 Å². The first-order chi connectivity index (χ1) is 15.5. The first-order valence-electron chi connectivity index (χ1n) is 10.5. The van der Waals surface area contributed by atoms with Crippen molar-refractivity contribution in [1.82, 2.24) is 10.3 Å². The second-order valence-corrected chi connectivity index (χ2v) is 9.64. The molecule has 4 rings (SSSR count). The molecule has 1 atom stereocenters. The van der Waals surface area contributed by atoms with Crippen LogP contribution in [0.2, 0.25) is 0 Å². The molecule has 0 spiro atoms. The summed E-state index contributed by atoms with van der Waals surface area (Å²) in [6.07, 6.45) is 0. The lowest BCUT2D eigenvalue weighted by Crippen LogP contribution is -2.46. The molecule has 0 bridgehead atoms. The summed E-state index contributed by atoms with van der Waals surface area (Å²) in [6, 6.07) is 10.6. The highest BCUT2D eigenvalue weighted by molar-refractivity contribution is 7.14. The van der Waals surface area contributed by atoms with Crippen LogP contribution in [0.25, 0.3) is 11.3 Å². The van der Waals surface area contributed by atoms with Crippen LogP contribution in [0, 0.1) is 5.92 Å². The Morgan fingerprint density at radius 1 is 1.09 bits per heavy atom. The molecule has 2 N–H and O–H groups in total. The smallest absolute Gasteiger partial charge is 0.262 e. The maximum atomic E-state index is 12.8. The number of benzene rings is 1.